The van der Waals surface area contributed by atoms with Crippen LogP contribution in [0.5, 0.6) is 0 Å². The average Bonchev–Trinajstić information content (AvgIpc) is 3.13. The molecular weight excluding hydrogens is 492 g/mol. The van der Waals surface area contributed by atoms with Gasteiger partial charge in [0.1, 0.15) is 6.10 Å². The maximum absolute atomic E-state index is 12.8. The summed E-state index contributed by atoms with van der Waals surface area (Å²) in [6, 6.07) is 0. The quantitative estimate of drug-likeness (QED) is 0.197. The second-order valence-electron chi connectivity index (χ2n) is 11.3. The Balaban J connectivity index is 2.22. The Hall–Kier alpha value is -2.49. The van der Waals surface area contributed by atoms with Crippen molar-refractivity contribution in [2.24, 2.45) is 28.6 Å². The minimum Gasteiger partial charge on any atom is -0.458 e. The highest BCUT2D eigenvalue weighted by atomic mass is 16.8. The maximum Gasteiger partial charge on any atom is 0.309 e. The van der Waals surface area contributed by atoms with E-state index in [2.05, 4.69) is 13.2 Å². The molecule has 1 aliphatic heterocycles. The topological polar surface area (TPSA) is 129 Å². The Morgan fingerprint density at radius 2 is 1.84 bits per heavy atom. The molecular formula is C29H42O9. The highest BCUT2D eigenvalue weighted by Gasteiger charge is 2.71. The summed E-state index contributed by atoms with van der Waals surface area (Å²) >= 11 is 0. The van der Waals surface area contributed by atoms with E-state index >= 15 is 0 Å². The molecule has 0 aromatic heterocycles. The van der Waals surface area contributed by atoms with Crippen LogP contribution in [-0.2, 0) is 33.3 Å². The van der Waals surface area contributed by atoms with Crippen LogP contribution in [0, 0.1) is 28.6 Å². The summed E-state index contributed by atoms with van der Waals surface area (Å²) in [7, 11) is 0. The molecule has 2 aliphatic carbocycles. The van der Waals surface area contributed by atoms with E-state index in [-0.39, 0.29) is 30.6 Å². The first-order chi connectivity index (χ1) is 17.7. The van der Waals surface area contributed by atoms with Crippen LogP contribution in [0.4, 0.5) is 0 Å². The van der Waals surface area contributed by atoms with Gasteiger partial charge in [-0.2, -0.15) is 0 Å². The molecule has 2 fully saturated rings. The Labute approximate surface area is 224 Å². The molecule has 9 nitrogen and oxygen atoms in total. The van der Waals surface area contributed by atoms with Gasteiger partial charge in [-0.05, 0) is 54.6 Å². The van der Waals surface area contributed by atoms with E-state index in [1.54, 1.807) is 13.0 Å². The van der Waals surface area contributed by atoms with E-state index in [4.69, 9.17) is 18.9 Å². The molecule has 0 bridgehead atoms. The molecule has 0 aromatic carbocycles. The molecule has 1 heterocycles. The highest BCUT2D eigenvalue weighted by Crippen LogP contribution is 2.67. The van der Waals surface area contributed by atoms with E-state index in [9.17, 15) is 24.6 Å². The minimum absolute atomic E-state index is 0.101. The molecule has 38 heavy (non-hydrogen) atoms. The van der Waals surface area contributed by atoms with Gasteiger partial charge in [0.15, 0.2) is 0 Å². The first kappa shape index (κ1) is 30.1. The fraction of sp³-hybridized carbons (Fsp3) is 0.690. The largest absolute Gasteiger partial charge is 0.458 e. The molecule has 1 saturated carbocycles. The van der Waals surface area contributed by atoms with Crippen LogP contribution >= 0.6 is 0 Å². The number of hydrogen-bond acceptors (Lipinski definition) is 9. The second-order valence-corrected chi connectivity index (χ2v) is 11.3. The molecule has 2 N–H and O–H groups in total. The standard InChI is InChI=1S/C29H42O9/c1-9-15(3)22(32)14-28(8)17(5)11-24(33)29-21(26(35-18(6)30)38-27(29)36-19(7)31)12-20(13-23(28)29)37-25(34)16(4)10-2/h9,12,16-17,20,22-24,26-27,32-33H,1,3,10-11,13-14H2,2,4-8H3/t16?,17-,20-,22+,23+,24+,26+,27-,28-,29?/m0/s1. The van der Waals surface area contributed by atoms with Gasteiger partial charge in [0.2, 0.25) is 12.6 Å². The van der Waals surface area contributed by atoms with Gasteiger partial charge in [0.05, 0.1) is 23.5 Å². The van der Waals surface area contributed by atoms with Crippen molar-refractivity contribution in [2.45, 2.75) is 98.1 Å². The van der Waals surface area contributed by atoms with Crippen molar-refractivity contribution < 1.29 is 43.5 Å². The van der Waals surface area contributed by atoms with E-state index in [1.165, 1.54) is 19.9 Å². The summed E-state index contributed by atoms with van der Waals surface area (Å²) in [5.41, 5.74) is -1.10. The monoisotopic (exact) mass is 534 g/mol. The number of esters is 3. The van der Waals surface area contributed by atoms with Crippen molar-refractivity contribution in [3.8, 4) is 0 Å². The van der Waals surface area contributed by atoms with Crippen molar-refractivity contribution in [3.63, 3.8) is 0 Å². The summed E-state index contributed by atoms with van der Waals surface area (Å²) in [4.78, 5) is 37.0. The van der Waals surface area contributed by atoms with E-state index in [1.807, 2.05) is 20.8 Å². The summed E-state index contributed by atoms with van der Waals surface area (Å²) in [5.74, 6) is -2.53. The molecule has 3 aliphatic rings. The van der Waals surface area contributed by atoms with Gasteiger partial charge in [-0.25, -0.2) is 0 Å². The molecule has 1 saturated heterocycles. The lowest BCUT2D eigenvalue weighted by molar-refractivity contribution is -0.256. The van der Waals surface area contributed by atoms with Crippen LogP contribution < -0.4 is 0 Å². The number of carbonyl (C=O) groups excluding carboxylic acids is 3. The van der Waals surface area contributed by atoms with Gasteiger partial charge in [0, 0.05) is 19.4 Å². The van der Waals surface area contributed by atoms with Crippen molar-refractivity contribution in [3.05, 3.63) is 36.5 Å². The van der Waals surface area contributed by atoms with Gasteiger partial charge in [-0.15, -0.1) is 0 Å². The van der Waals surface area contributed by atoms with Gasteiger partial charge in [0.25, 0.3) is 0 Å². The Morgan fingerprint density at radius 3 is 2.39 bits per heavy atom. The summed E-state index contributed by atoms with van der Waals surface area (Å²) in [6.07, 6.45) is -0.516. The van der Waals surface area contributed by atoms with Crippen molar-refractivity contribution in [1.29, 1.82) is 0 Å². The van der Waals surface area contributed by atoms with E-state index < -0.39 is 59.6 Å². The van der Waals surface area contributed by atoms with Gasteiger partial charge in [-0.1, -0.05) is 46.9 Å². The zero-order valence-corrected chi connectivity index (χ0v) is 23.3. The van der Waals surface area contributed by atoms with Crippen LogP contribution in [0.15, 0.2) is 36.5 Å². The maximum atomic E-state index is 12.8. The summed E-state index contributed by atoms with van der Waals surface area (Å²) in [5, 5.41) is 22.8. The molecule has 1 spiro atoms. The predicted octanol–water partition coefficient (Wildman–Crippen LogP) is 3.59. The lowest BCUT2D eigenvalue weighted by Gasteiger charge is -2.60. The van der Waals surface area contributed by atoms with Crippen LogP contribution in [0.3, 0.4) is 0 Å². The minimum atomic E-state index is -1.29. The molecule has 0 aromatic rings. The Kier molecular flexibility index (Phi) is 8.95. The molecule has 0 radical (unpaired) electrons. The molecule has 2 unspecified atom stereocenters. The fourth-order valence-corrected chi connectivity index (χ4v) is 6.52. The van der Waals surface area contributed by atoms with Gasteiger partial charge < -0.3 is 24.4 Å². The van der Waals surface area contributed by atoms with Crippen molar-refractivity contribution in [2.75, 3.05) is 0 Å². The lowest BCUT2D eigenvalue weighted by atomic mass is 9.44. The number of aliphatic hydroxyl groups excluding tert-OH is 2. The number of ether oxygens (including phenoxy) is 4. The van der Waals surface area contributed by atoms with Crippen molar-refractivity contribution >= 4 is 17.9 Å². The Morgan fingerprint density at radius 1 is 1.21 bits per heavy atom. The van der Waals surface area contributed by atoms with Gasteiger partial charge in [-0.3, -0.25) is 19.1 Å². The zero-order chi connectivity index (χ0) is 28.6. The van der Waals surface area contributed by atoms with E-state index in [0.717, 1.165) is 0 Å². The molecule has 9 heteroatoms. The number of hydrogen-bond donors (Lipinski definition) is 2. The third-order valence-electron chi connectivity index (χ3n) is 9.00. The van der Waals surface area contributed by atoms with E-state index in [0.29, 0.717) is 24.0 Å². The lowest BCUT2D eigenvalue weighted by Crippen LogP contribution is -2.63. The molecule has 3 rings (SSSR count). The number of aliphatic hydroxyl groups is 2. The summed E-state index contributed by atoms with van der Waals surface area (Å²) in [6.45, 7) is 17.8. The second kappa shape index (κ2) is 11.3. The van der Waals surface area contributed by atoms with Crippen LogP contribution in [0.25, 0.3) is 0 Å². The molecule has 0 amide bonds. The number of carbonyl (C=O) groups is 3. The third kappa shape index (κ3) is 5.20. The Bertz CT molecular complexity index is 1000. The van der Waals surface area contributed by atoms with Crippen molar-refractivity contribution in [1.82, 2.24) is 0 Å². The predicted molar refractivity (Wildman–Crippen MR) is 138 cm³/mol. The zero-order valence-electron chi connectivity index (χ0n) is 23.3. The number of rotatable bonds is 9. The SMILES string of the molecule is C=CC(=C)[C@H](O)C[C@@]1(C)[C@@H](C)C[C@@H](O)C23C(=C[C@H](OC(=O)C(C)CC)C[C@@H]21)[C@H](OC(C)=O)O[C@@H]3OC(C)=O. The van der Waals surface area contributed by atoms with Crippen LogP contribution in [-0.4, -0.2) is 59.0 Å². The normalized spacial score (nSPS) is 37.5. The molecule has 10 atom stereocenters. The summed E-state index contributed by atoms with van der Waals surface area (Å²) < 4.78 is 23.1. The van der Waals surface area contributed by atoms with Crippen LogP contribution in [0.1, 0.15) is 67.2 Å². The third-order valence-corrected chi connectivity index (χ3v) is 9.00. The van der Waals surface area contributed by atoms with Crippen LogP contribution in [0.2, 0.25) is 0 Å². The smallest absolute Gasteiger partial charge is 0.309 e. The average molecular weight is 535 g/mol. The first-order valence-electron chi connectivity index (χ1n) is 13.3. The highest BCUT2D eigenvalue weighted by molar-refractivity contribution is 5.72. The van der Waals surface area contributed by atoms with Gasteiger partial charge >= 0.3 is 17.9 Å². The first-order valence-corrected chi connectivity index (χ1v) is 13.3. The molecule has 212 valence electrons. The fourth-order valence-electron chi connectivity index (χ4n) is 6.52.